The molecule has 2 bridgehead atoms. The topological polar surface area (TPSA) is 52.9 Å². The van der Waals surface area contributed by atoms with Crippen molar-refractivity contribution in [2.45, 2.75) is 62.8 Å². The van der Waals surface area contributed by atoms with Gasteiger partial charge in [-0.1, -0.05) is 0 Å². The fourth-order valence-corrected chi connectivity index (χ4v) is 5.82. The van der Waals surface area contributed by atoms with Crippen molar-refractivity contribution < 1.29 is 14.2 Å². The average molecular weight is 461 g/mol. The van der Waals surface area contributed by atoms with E-state index in [1.807, 2.05) is 54.7 Å². The number of piperidine rings is 1. The average Bonchev–Trinajstić information content (AvgIpc) is 3.43. The Hall–Kier alpha value is -2.83. The van der Waals surface area contributed by atoms with Crippen LogP contribution in [0.15, 0.2) is 59.5 Å². The highest BCUT2D eigenvalue weighted by atomic mass is 16.5. The molecule has 6 nitrogen and oxygen atoms in total. The second-order valence-electron chi connectivity index (χ2n) is 9.94. The molecule has 34 heavy (non-hydrogen) atoms. The summed E-state index contributed by atoms with van der Waals surface area (Å²) in [6, 6.07) is 16.8. The normalized spacial score (nSPS) is 26.7. The minimum atomic E-state index is -0.0382. The molecule has 3 fully saturated rings. The number of ether oxygens (including phenoxy) is 3. The Morgan fingerprint density at radius 3 is 2.47 bits per heavy atom. The van der Waals surface area contributed by atoms with E-state index in [0.717, 1.165) is 54.9 Å². The third-order valence-corrected chi connectivity index (χ3v) is 7.81. The largest absolute Gasteiger partial charge is 0.491 e. The number of aromatic nitrogens is 1. The second kappa shape index (κ2) is 9.08. The van der Waals surface area contributed by atoms with Gasteiger partial charge < -0.3 is 19.1 Å². The molecule has 3 aliphatic rings. The number of benzene rings is 2. The third-order valence-electron chi connectivity index (χ3n) is 7.81. The van der Waals surface area contributed by atoms with Crippen LogP contribution in [0.4, 0.5) is 0 Å². The second-order valence-corrected chi connectivity index (χ2v) is 9.94. The molecule has 4 heterocycles. The molecular formula is C28H32N2O4. The molecule has 0 aliphatic carbocycles. The van der Waals surface area contributed by atoms with Crippen molar-refractivity contribution in [3.05, 3.63) is 65.1 Å². The summed E-state index contributed by atoms with van der Waals surface area (Å²) in [6.07, 6.45) is 9.18. The molecule has 0 radical (unpaired) electrons. The predicted molar refractivity (Wildman–Crippen MR) is 132 cm³/mol. The molecule has 1 aromatic heterocycles. The summed E-state index contributed by atoms with van der Waals surface area (Å²) in [5.74, 6) is 1.64. The molecule has 6 heteroatoms. The lowest BCUT2D eigenvalue weighted by Gasteiger charge is -2.36. The van der Waals surface area contributed by atoms with Gasteiger partial charge in [-0.2, -0.15) is 0 Å². The van der Waals surface area contributed by atoms with Crippen molar-refractivity contribution in [3.8, 4) is 17.2 Å². The summed E-state index contributed by atoms with van der Waals surface area (Å²) < 4.78 is 19.5. The zero-order valence-corrected chi connectivity index (χ0v) is 19.7. The molecule has 0 N–H and O–H groups in total. The number of rotatable bonds is 6. The molecule has 3 atom stereocenters. The number of hydrogen-bond donors (Lipinski definition) is 0. The van der Waals surface area contributed by atoms with Gasteiger partial charge in [0.15, 0.2) is 0 Å². The molecule has 2 unspecified atom stereocenters. The first kappa shape index (κ1) is 21.7. The van der Waals surface area contributed by atoms with E-state index < -0.39 is 0 Å². The number of pyridine rings is 1. The van der Waals surface area contributed by atoms with Crippen LogP contribution >= 0.6 is 0 Å². The van der Waals surface area contributed by atoms with Gasteiger partial charge in [0.05, 0.1) is 6.10 Å². The number of nitrogens with zero attached hydrogens (tertiary/aromatic N) is 2. The Kier molecular flexibility index (Phi) is 5.79. The molecule has 178 valence electrons. The lowest BCUT2D eigenvalue weighted by molar-refractivity contribution is 0.0661. The molecule has 3 aromatic rings. The number of fused-ring (bicyclic) bond motifs is 3. The van der Waals surface area contributed by atoms with E-state index in [1.165, 1.54) is 12.8 Å². The Morgan fingerprint density at radius 2 is 1.74 bits per heavy atom. The zero-order valence-electron chi connectivity index (χ0n) is 19.7. The van der Waals surface area contributed by atoms with Gasteiger partial charge in [0, 0.05) is 36.0 Å². The van der Waals surface area contributed by atoms with Gasteiger partial charge in [-0.3, -0.25) is 9.36 Å². The summed E-state index contributed by atoms with van der Waals surface area (Å²) in [7, 11) is 2.24. The van der Waals surface area contributed by atoms with Crippen molar-refractivity contribution in [2.24, 2.45) is 0 Å². The molecule has 6 rings (SSSR count). The van der Waals surface area contributed by atoms with E-state index in [2.05, 4.69) is 11.9 Å². The Bertz CT molecular complexity index is 1200. The van der Waals surface area contributed by atoms with E-state index >= 15 is 0 Å². The van der Waals surface area contributed by atoms with Crippen LogP contribution in [0.3, 0.4) is 0 Å². The zero-order chi connectivity index (χ0) is 23.1. The van der Waals surface area contributed by atoms with E-state index in [9.17, 15) is 4.79 Å². The summed E-state index contributed by atoms with van der Waals surface area (Å²) in [5.41, 5.74) is 0.796. The maximum atomic E-state index is 13.2. The lowest BCUT2D eigenvalue weighted by Crippen LogP contribution is -2.43. The van der Waals surface area contributed by atoms with Gasteiger partial charge in [-0.25, -0.2) is 0 Å². The first-order valence-corrected chi connectivity index (χ1v) is 12.5. The maximum Gasteiger partial charge on any atom is 0.262 e. The highest BCUT2D eigenvalue weighted by Gasteiger charge is 2.39. The monoisotopic (exact) mass is 460 g/mol. The van der Waals surface area contributed by atoms with E-state index in [4.69, 9.17) is 14.2 Å². The van der Waals surface area contributed by atoms with Crippen LogP contribution in [0, 0.1) is 0 Å². The van der Waals surface area contributed by atoms with Crippen molar-refractivity contribution >= 4 is 10.8 Å². The highest BCUT2D eigenvalue weighted by Crippen LogP contribution is 2.36. The maximum absolute atomic E-state index is 13.2. The molecule has 0 spiro atoms. The summed E-state index contributed by atoms with van der Waals surface area (Å²) in [6.45, 7) is 1.37. The predicted octanol–water partition coefficient (Wildman–Crippen LogP) is 4.55. The van der Waals surface area contributed by atoms with Gasteiger partial charge in [0.2, 0.25) is 0 Å². The Morgan fingerprint density at radius 1 is 0.971 bits per heavy atom. The van der Waals surface area contributed by atoms with Crippen molar-refractivity contribution in [1.82, 2.24) is 9.47 Å². The molecule has 0 amide bonds. The third kappa shape index (κ3) is 4.21. The minimum Gasteiger partial charge on any atom is -0.491 e. The fraction of sp³-hybridized carbons (Fsp3) is 0.464. The molecule has 0 saturated carbocycles. The van der Waals surface area contributed by atoms with Crippen LogP contribution in [0.2, 0.25) is 0 Å². The van der Waals surface area contributed by atoms with E-state index in [1.54, 1.807) is 4.57 Å². The van der Waals surface area contributed by atoms with Crippen LogP contribution in [-0.2, 0) is 4.74 Å². The summed E-state index contributed by atoms with van der Waals surface area (Å²) in [5, 5.41) is 1.55. The van der Waals surface area contributed by atoms with Crippen LogP contribution in [0.5, 0.6) is 11.5 Å². The van der Waals surface area contributed by atoms with Gasteiger partial charge in [0.25, 0.3) is 5.56 Å². The van der Waals surface area contributed by atoms with Gasteiger partial charge in [0.1, 0.15) is 24.2 Å². The minimum absolute atomic E-state index is 0.0382. The molecule has 3 aliphatic heterocycles. The highest BCUT2D eigenvalue weighted by molar-refractivity contribution is 5.83. The Labute approximate surface area is 200 Å². The first-order chi connectivity index (χ1) is 16.6. The smallest absolute Gasteiger partial charge is 0.262 e. The summed E-state index contributed by atoms with van der Waals surface area (Å²) >= 11 is 0. The number of hydrogen-bond acceptors (Lipinski definition) is 5. The van der Waals surface area contributed by atoms with Crippen LogP contribution in [0.25, 0.3) is 16.5 Å². The van der Waals surface area contributed by atoms with Crippen molar-refractivity contribution in [3.63, 3.8) is 0 Å². The van der Waals surface area contributed by atoms with Gasteiger partial charge >= 0.3 is 0 Å². The van der Waals surface area contributed by atoms with E-state index in [-0.39, 0.29) is 17.8 Å². The van der Waals surface area contributed by atoms with Crippen LogP contribution < -0.4 is 15.0 Å². The van der Waals surface area contributed by atoms with E-state index in [0.29, 0.717) is 24.1 Å². The molecule has 2 aromatic carbocycles. The van der Waals surface area contributed by atoms with Crippen LogP contribution in [-0.4, -0.2) is 54.0 Å². The summed E-state index contributed by atoms with van der Waals surface area (Å²) in [4.78, 5) is 15.7. The van der Waals surface area contributed by atoms with Crippen LogP contribution in [0.1, 0.15) is 38.5 Å². The lowest BCUT2D eigenvalue weighted by atomic mass is 10.0. The standard InChI is InChI=1S/C28H32N2O4/c1-29-21-4-5-22(29)17-26(16-21)34-23-8-6-20(7-9-23)30-13-12-19-15-24(10-11-27(19)28(30)31)33-18-25-3-2-14-32-25/h6-13,15,21-22,25-26H,2-5,14,16-18H2,1H3/t21?,22?,25-,26?/m0/s1. The molecular weight excluding hydrogens is 428 g/mol. The quantitative estimate of drug-likeness (QED) is 0.540. The fourth-order valence-electron chi connectivity index (χ4n) is 5.82. The van der Waals surface area contributed by atoms with Crippen molar-refractivity contribution in [1.29, 1.82) is 0 Å². The first-order valence-electron chi connectivity index (χ1n) is 12.5. The van der Waals surface area contributed by atoms with Gasteiger partial charge in [-0.15, -0.1) is 0 Å². The van der Waals surface area contributed by atoms with Gasteiger partial charge in [-0.05, 0) is 99.5 Å². The van der Waals surface area contributed by atoms with Crippen molar-refractivity contribution in [2.75, 3.05) is 20.3 Å². The molecule has 3 saturated heterocycles. The Balaban J connectivity index is 1.16. The SMILES string of the molecule is CN1C2CCC1CC(Oc1ccc(-n3ccc4cc(OC[C@@H]5CCCO5)ccc4c3=O)cc1)C2.